The molecular formula is C24H24N2O2. The fraction of sp³-hybridized carbons (Fsp3) is 0.292. The van der Waals surface area contributed by atoms with Crippen LogP contribution in [-0.2, 0) is 12.8 Å². The highest BCUT2D eigenvalue weighted by Gasteiger charge is 2.26. The van der Waals surface area contributed by atoms with Crippen LogP contribution < -0.4 is 9.64 Å². The third-order valence-electron chi connectivity index (χ3n) is 6.10. The van der Waals surface area contributed by atoms with Crippen LogP contribution in [0.25, 0.3) is 10.8 Å². The minimum Gasteiger partial charge on any atom is -0.495 e. The third kappa shape index (κ3) is 2.71. The van der Waals surface area contributed by atoms with E-state index in [4.69, 9.17) is 4.74 Å². The lowest BCUT2D eigenvalue weighted by molar-refractivity contribution is 0.0748. The Kier molecular flexibility index (Phi) is 4.19. The first-order valence-electron chi connectivity index (χ1n) is 9.97. The van der Waals surface area contributed by atoms with E-state index < -0.39 is 0 Å². The lowest BCUT2D eigenvalue weighted by Gasteiger charge is -2.36. The quantitative estimate of drug-likeness (QED) is 0.699. The summed E-state index contributed by atoms with van der Waals surface area (Å²) < 4.78 is 5.50. The zero-order chi connectivity index (χ0) is 19.1. The minimum absolute atomic E-state index is 0.148. The van der Waals surface area contributed by atoms with Gasteiger partial charge in [-0.05, 0) is 52.9 Å². The molecule has 28 heavy (non-hydrogen) atoms. The number of para-hydroxylation sites is 2. The second-order valence-corrected chi connectivity index (χ2v) is 7.56. The first-order chi connectivity index (χ1) is 13.8. The monoisotopic (exact) mass is 372 g/mol. The lowest BCUT2D eigenvalue weighted by atomic mass is 9.99. The molecule has 142 valence electrons. The number of carbonyl (C=O) groups excluding carboxylic acids is 1. The molecule has 4 heteroatoms. The molecule has 0 radical (unpaired) electrons. The fourth-order valence-electron chi connectivity index (χ4n) is 4.65. The molecule has 0 atom stereocenters. The van der Waals surface area contributed by atoms with Crippen LogP contribution in [0.3, 0.4) is 0 Å². The maximum Gasteiger partial charge on any atom is 0.254 e. The van der Waals surface area contributed by atoms with Gasteiger partial charge in [0, 0.05) is 31.7 Å². The van der Waals surface area contributed by atoms with Gasteiger partial charge >= 0.3 is 0 Å². The number of amides is 1. The highest BCUT2D eigenvalue weighted by Crippen LogP contribution is 2.34. The highest BCUT2D eigenvalue weighted by atomic mass is 16.5. The largest absolute Gasteiger partial charge is 0.495 e. The van der Waals surface area contributed by atoms with Crippen molar-refractivity contribution in [2.75, 3.05) is 38.2 Å². The molecule has 1 heterocycles. The summed E-state index contributed by atoms with van der Waals surface area (Å²) in [4.78, 5) is 17.6. The Labute approximate surface area is 165 Å². The minimum atomic E-state index is 0.148. The van der Waals surface area contributed by atoms with Gasteiger partial charge in [0.1, 0.15) is 5.75 Å². The van der Waals surface area contributed by atoms with Crippen LogP contribution in [0, 0.1) is 0 Å². The molecule has 4 nitrogen and oxygen atoms in total. The molecule has 0 spiro atoms. The van der Waals surface area contributed by atoms with Crippen LogP contribution in [0.1, 0.15) is 21.5 Å². The van der Waals surface area contributed by atoms with Crippen molar-refractivity contribution in [1.29, 1.82) is 0 Å². The number of piperazine rings is 1. The Bertz CT molecular complexity index is 1040. The first kappa shape index (κ1) is 17.1. The van der Waals surface area contributed by atoms with Crippen LogP contribution in [0.2, 0.25) is 0 Å². The Hall–Kier alpha value is -3.01. The first-order valence-corrected chi connectivity index (χ1v) is 9.97. The van der Waals surface area contributed by atoms with Crippen molar-refractivity contribution >= 4 is 22.4 Å². The zero-order valence-corrected chi connectivity index (χ0v) is 16.1. The number of methoxy groups -OCH3 is 1. The summed E-state index contributed by atoms with van der Waals surface area (Å²) >= 11 is 0. The molecule has 1 fully saturated rings. The van der Waals surface area contributed by atoms with Crippen molar-refractivity contribution in [3.8, 4) is 5.75 Å². The van der Waals surface area contributed by atoms with Gasteiger partial charge < -0.3 is 14.5 Å². The van der Waals surface area contributed by atoms with Gasteiger partial charge in [-0.3, -0.25) is 4.79 Å². The number of aryl methyl sites for hydroxylation is 2. The molecule has 0 N–H and O–H groups in total. The Morgan fingerprint density at radius 2 is 1.61 bits per heavy atom. The molecule has 3 aromatic rings. The summed E-state index contributed by atoms with van der Waals surface area (Å²) in [6.45, 7) is 3.07. The lowest BCUT2D eigenvalue weighted by Crippen LogP contribution is -2.48. The molecular weight excluding hydrogens is 348 g/mol. The van der Waals surface area contributed by atoms with E-state index in [9.17, 15) is 4.79 Å². The number of ether oxygens (including phenoxy) is 1. The van der Waals surface area contributed by atoms with E-state index in [-0.39, 0.29) is 5.91 Å². The topological polar surface area (TPSA) is 32.8 Å². The molecule has 0 bridgehead atoms. The van der Waals surface area contributed by atoms with E-state index >= 15 is 0 Å². The Balaban J connectivity index is 1.38. The molecule has 0 unspecified atom stereocenters. The number of benzene rings is 3. The van der Waals surface area contributed by atoms with Gasteiger partial charge in [-0.25, -0.2) is 0 Å². The molecule has 5 rings (SSSR count). The van der Waals surface area contributed by atoms with Crippen molar-refractivity contribution in [1.82, 2.24) is 4.90 Å². The van der Waals surface area contributed by atoms with E-state index in [1.165, 1.54) is 16.5 Å². The third-order valence-corrected chi connectivity index (χ3v) is 6.10. The molecule has 1 amide bonds. The zero-order valence-electron chi connectivity index (χ0n) is 16.1. The average molecular weight is 372 g/mol. The normalized spacial score (nSPS) is 15.9. The standard InChI is InChI=1S/C24H24N2O2/c1-28-22-8-3-2-7-21(22)25-13-15-26(16-14-25)24(27)20-12-11-18-10-9-17-5-4-6-19(20)23(17)18/h2-8,11-12H,9-10,13-16H2,1H3. The highest BCUT2D eigenvalue weighted by molar-refractivity contribution is 6.09. The molecule has 1 aliphatic carbocycles. The molecule has 0 aromatic heterocycles. The number of nitrogens with zero attached hydrogens (tertiary/aromatic N) is 2. The molecule has 1 aliphatic heterocycles. The number of anilines is 1. The predicted molar refractivity (Wildman–Crippen MR) is 112 cm³/mol. The van der Waals surface area contributed by atoms with E-state index in [0.717, 1.165) is 61.4 Å². The molecule has 1 saturated heterocycles. The van der Waals surface area contributed by atoms with Gasteiger partial charge in [-0.2, -0.15) is 0 Å². The Morgan fingerprint density at radius 3 is 2.39 bits per heavy atom. The van der Waals surface area contributed by atoms with Crippen LogP contribution in [0.15, 0.2) is 54.6 Å². The SMILES string of the molecule is COc1ccccc1N1CCN(C(=O)c2ccc3c4c(cccc24)CC3)CC1. The molecule has 3 aromatic carbocycles. The van der Waals surface area contributed by atoms with Crippen molar-refractivity contribution in [3.05, 3.63) is 71.3 Å². The summed E-state index contributed by atoms with van der Waals surface area (Å²) in [5, 5.41) is 2.42. The van der Waals surface area contributed by atoms with Gasteiger partial charge in [-0.1, -0.05) is 36.4 Å². The van der Waals surface area contributed by atoms with E-state index in [1.807, 2.05) is 29.2 Å². The van der Waals surface area contributed by atoms with Crippen LogP contribution in [-0.4, -0.2) is 44.1 Å². The van der Waals surface area contributed by atoms with Crippen LogP contribution in [0.4, 0.5) is 5.69 Å². The number of rotatable bonds is 3. The van der Waals surface area contributed by atoms with Crippen molar-refractivity contribution in [2.24, 2.45) is 0 Å². The summed E-state index contributed by atoms with van der Waals surface area (Å²) in [5.74, 6) is 1.03. The second-order valence-electron chi connectivity index (χ2n) is 7.56. The second kappa shape index (κ2) is 6.86. The van der Waals surface area contributed by atoms with Gasteiger partial charge in [-0.15, -0.1) is 0 Å². The number of hydrogen-bond donors (Lipinski definition) is 0. The van der Waals surface area contributed by atoms with Gasteiger partial charge in [0.2, 0.25) is 0 Å². The Morgan fingerprint density at radius 1 is 0.857 bits per heavy atom. The van der Waals surface area contributed by atoms with E-state index in [1.54, 1.807) is 7.11 Å². The maximum atomic E-state index is 13.3. The summed E-state index contributed by atoms with van der Waals surface area (Å²) in [7, 11) is 1.70. The van der Waals surface area contributed by atoms with E-state index in [2.05, 4.69) is 35.2 Å². The van der Waals surface area contributed by atoms with Crippen LogP contribution >= 0.6 is 0 Å². The molecule has 2 aliphatic rings. The van der Waals surface area contributed by atoms with E-state index in [0.29, 0.717) is 0 Å². The predicted octanol–water partition coefficient (Wildman–Crippen LogP) is 3.91. The van der Waals surface area contributed by atoms with Crippen molar-refractivity contribution in [2.45, 2.75) is 12.8 Å². The number of carbonyl (C=O) groups is 1. The van der Waals surface area contributed by atoms with Crippen molar-refractivity contribution < 1.29 is 9.53 Å². The maximum absolute atomic E-state index is 13.3. The fourth-order valence-corrected chi connectivity index (χ4v) is 4.65. The summed E-state index contributed by atoms with van der Waals surface area (Å²) in [5.41, 5.74) is 4.70. The molecule has 0 saturated carbocycles. The summed E-state index contributed by atoms with van der Waals surface area (Å²) in [6.07, 6.45) is 2.17. The smallest absolute Gasteiger partial charge is 0.254 e. The summed E-state index contributed by atoms with van der Waals surface area (Å²) in [6, 6.07) is 18.6. The van der Waals surface area contributed by atoms with Gasteiger partial charge in [0.25, 0.3) is 5.91 Å². The van der Waals surface area contributed by atoms with Crippen LogP contribution in [0.5, 0.6) is 5.75 Å². The van der Waals surface area contributed by atoms with Crippen molar-refractivity contribution in [3.63, 3.8) is 0 Å². The van der Waals surface area contributed by atoms with Gasteiger partial charge in [0.15, 0.2) is 0 Å². The number of hydrogen-bond acceptors (Lipinski definition) is 3. The average Bonchev–Trinajstić information content (AvgIpc) is 3.19. The van der Waals surface area contributed by atoms with Gasteiger partial charge in [0.05, 0.1) is 12.8 Å².